The zero-order valence-corrected chi connectivity index (χ0v) is 28.5. The maximum Gasteiger partial charge on any atom is 0.353 e. The summed E-state index contributed by atoms with van der Waals surface area (Å²) in [7, 11) is 0.958. The number of carbonyl (C=O) groups excluding carboxylic acids is 1. The summed E-state index contributed by atoms with van der Waals surface area (Å²) in [5.41, 5.74) is 0.600. The van der Waals surface area contributed by atoms with E-state index in [-0.39, 0.29) is 41.8 Å². The Morgan fingerprint density at radius 1 is 1.24 bits per heavy atom. The number of aromatic carboxylic acids is 1. The molecule has 3 aliphatic rings. The highest BCUT2D eigenvalue weighted by Gasteiger charge is 2.53. The number of aliphatic hydroxyl groups is 2. The molecular weight excluding hydrogens is 737 g/mol. The summed E-state index contributed by atoms with van der Waals surface area (Å²) in [4.78, 5) is 28.3. The number of carboxylic acid groups (broad SMARTS) is 1. The lowest BCUT2D eigenvalue weighted by Gasteiger charge is -2.49. The standard InChI is InChI=1S/C22H34O5.C5H2Br3NO2.CH3FO/c1-13-10-11-26-22-15(3)12-14(2)21(16(4)23)27-19(24)9-8-17(22)6-5-7-18(22)20(13)25;6-1-2(7)4(8)9-3(1)5(10)11;1-3-2/h5-6,12-14,16-18,20-21,23,25H,7-11H2,1-4H3;9H,(H,10,11);1H3/b15-12+;;/t13-,14?,16?,17?,18?,20?,21?,22-;;/m0../s1. The van der Waals surface area contributed by atoms with E-state index in [1.165, 1.54) is 0 Å². The van der Waals surface area contributed by atoms with Crippen molar-refractivity contribution in [3.63, 3.8) is 0 Å². The summed E-state index contributed by atoms with van der Waals surface area (Å²) >= 11 is 9.43. The molecule has 9 nitrogen and oxygen atoms in total. The Labute approximate surface area is 265 Å². The molecule has 41 heavy (non-hydrogen) atoms. The van der Waals surface area contributed by atoms with E-state index in [4.69, 9.17) is 14.6 Å². The number of halogens is 4. The summed E-state index contributed by atoms with van der Waals surface area (Å²) in [6, 6.07) is 0. The van der Waals surface area contributed by atoms with Gasteiger partial charge in [0.15, 0.2) is 0 Å². The lowest BCUT2D eigenvalue weighted by molar-refractivity contribution is -0.159. The van der Waals surface area contributed by atoms with Gasteiger partial charge in [-0.15, -0.1) is 0 Å². The van der Waals surface area contributed by atoms with Gasteiger partial charge in [0.05, 0.1) is 32.9 Å². The number of carbonyl (C=O) groups is 2. The summed E-state index contributed by atoms with van der Waals surface area (Å²) in [6.07, 6.45) is 7.09. The third kappa shape index (κ3) is 8.51. The van der Waals surface area contributed by atoms with E-state index in [1.54, 1.807) is 6.92 Å². The first-order valence-corrected chi connectivity index (χ1v) is 15.8. The molecule has 1 spiro atoms. The van der Waals surface area contributed by atoms with E-state index in [0.29, 0.717) is 26.6 Å². The fourth-order valence-electron chi connectivity index (χ4n) is 5.90. The van der Waals surface area contributed by atoms with Crippen LogP contribution in [0.3, 0.4) is 0 Å². The Balaban J connectivity index is 0.000000349. The van der Waals surface area contributed by atoms with E-state index in [1.807, 2.05) is 6.92 Å². The molecule has 0 radical (unpaired) electrons. The topological polar surface area (TPSA) is 138 Å². The van der Waals surface area contributed by atoms with Gasteiger partial charge in [-0.3, -0.25) is 4.79 Å². The summed E-state index contributed by atoms with van der Waals surface area (Å²) < 4.78 is 23.7. The monoisotopic (exact) mass is 773 g/mol. The minimum absolute atomic E-state index is 0.0234. The van der Waals surface area contributed by atoms with Gasteiger partial charge in [-0.25, -0.2) is 4.79 Å². The van der Waals surface area contributed by atoms with Crippen molar-refractivity contribution >= 4 is 59.7 Å². The minimum atomic E-state index is -0.997. The molecule has 0 aromatic carbocycles. The highest BCUT2D eigenvalue weighted by molar-refractivity contribution is 9.14. The van der Waals surface area contributed by atoms with Crippen LogP contribution in [0, 0.1) is 23.7 Å². The van der Waals surface area contributed by atoms with E-state index in [9.17, 15) is 24.3 Å². The van der Waals surface area contributed by atoms with E-state index >= 15 is 0 Å². The van der Waals surface area contributed by atoms with E-state index < -0.39 is 29.9 Å². The van der Waals surface area contributed by atoms with E-state index in [2.05, 4.69) is 89.8 Å². The number of ether oxygens (including phenoxy) is 2. The van der Waals surface area contributed by atoms with Crippen molar-refractivity contribution in [3.8, 4) is 0 Å². The van der Waals surface area contributed by atoms with Crippen LogP contribution in [0.15, 0.2) is 37.3 Å². The molecule has 1 fully saturated rings. The molecule has 0 amide bonds. The third-order valence-electron chi connectivity index (χ3n) is 7.87. The molecule has 1 saturated heterocycles. The van der Waals surface area contributed by atoms with Crippen LogP contribution < -0.4 is 0 Å². The fourth-order valence-corrected chi connectivity index (χ4v) is 7.33. The van der Waals surface area contributed by atoms with Gasteiger partial charge in [0.2, 0.25) is 0 Å². The van der Waals surface area contributed by atoms with Crippen LogP contribution in [-0.2, 0) is 19.2 Å². The molecular formula is C28H39Br3FNO8. The Morgan fingerprint density at radius 3 is 2.39 bits per heavy atom. The number of hydrogen-bond acceptors (Lipinski definition) is 7. The second-order valence-electron chi connectivity index (χ2n) is 10.6. The molecule has 0 bridgehead atoms. The number of esters is 1. The zero-order valence-electron chi connectivity index (χ0n) is 23.7. The number of carboxylic acids is 1. The van der Waals surface area contributed by atoms with Crippen LogP contribution in [0.25, 0.3) is 0 Å². The van der Waals surface area contributed by atoms with Crippen molar-refractivity contribution < 1.29 is 43.8 Å². The number of H-pyrrole nitrogens is 1. The average molecular weight is 776 g/mol. The first-order valence-electron chi connectivity index (χ1n) is 13.4. The van der Waals surface area contributed by atoms with Gasteiger partial charge >= 0.3 is 11.9 Å². The van der Waals surface area contributed by atoms with Crippen LogP contribution in [0.2, 0.25) is 0 Å². The molecule has 3 heterocycles. The second kappa shape index (κ2) is 16.1. The minimum Gasteiger partial charge on any atom is -0.477 e. The Bertz CT molecular complexity index is 1110. The SMILES string of the molecule is C/C1=C\C(C)C(C(C)O)OC(=O)CCC2C=CCC3C(O)[C@@H](C)CCO[C@@]123.COF.O=C(O)c1[nH]c(Br)c(Br)c1Br. The molecule has 1 aliphatic carbocycles. The number of allylic oxidation sites excluding steroid dienone is 1. The number of hydrogen-bond donors (Lipinski definition) is 4. The molecule has 8 atom stereocenters. The number of cyclic esters (lactones) is 1. The van der Waals surface area contributed by atoms with Gasteiger partial charge in [0, 0.05) is 30.8 Å². The Morgan fingerprint density at radius 2 is 1.88 bits per heavy atom. The maximum absolute atomic E-state index is 12.4. The molecule has 232 valence electrons. The first kappa shape index (κ1) is 36.1. The molecule has 1 aromatic rings. The fraction of sp³-hybridized carbons (Fsp3) is 0.643. The molecule has 0 saturated carbocycles. The van der Waals surface area contributed by atoms with Crippen LogP contribution in [0.1, 0.15) is 63.9 Å². The molecule has 6 unspecified atom stereocenters. The number of nitrogens with one attached hydrogen (secondary N) is 1. The molecule has 1 aromatic heterocycles. The average Bonchev–Trinajstić information content (AvgIpc) is 3.09. The van der Waals surface area contributed by atoms with Crippen LogP contribution >= 0.6 is 47.8 Å². The third-order valence-corrected chi connectivity index (χ3v) is 11.1. The summed E-state index contributed by atoms with van der Waals surface area (Å²) in [6.45, 7) is 8.38. The second-order valence-corrected chi connectivity index (χ2v) is 13.0. The molecule has 13 heteroatoms. The lowest BCUT2D eigenvalue weighted by Crippen LogP contribution is -2.54. The van der Waals surface area contributed by atoms with Crippen LogP contribution in [0.4, 0.5) is 4.53 Å². The van der Waals surface area contributed by atoms with Gasteiger partial charge in [0.1, 0.15) is 17.4 Å². The van der Waals surface area contributed by atoms with Gasteiger partial charge in [0.25, 0.3) is 0 Å². The predicted molar refractivity (Wildman–Crippen MR) is 162 cm³/mol. The van der Waals surface area contributed by atoms with Gasteiger partial charge in [-0.05, 0) is 96.9 Å². The Kier molecular flexibility index (Phi) is 14.2. The smallest absolute Gasteiger partial charge is 0.353 e. The molecule has 4 rings (SSSR count). The lowest BCUT2D eigenvalue weighted by atomic mass is 9.63. The first-order chi connectivity index (χ1) is 19.2. The highest BCUT2D eigenvalue weighted by Crippen LogP contribution is 2.50. The largest absolute Gasteiger partial charge is 0.477 e. The normalized spacial score (nSPS) is 33.5. The Hall–Kier alpha value is -1.09. The van der Waals surface area contributed by atoms with Gasteiger partial charge in [-0.2, -0.15) is 4.94 Å². The molecule has 4 N–H and O–H groups in total. The van der Waals surface area contributed by atoms with Crippen LogP contribution in [-0.4, -0.2) is 69.9 Å². The molecule has 2 aliphatic heterocycles. The maximum atomic E-state index is 12.4. The van der Waals surface area contributed by atoms with Gasteiger partial charge < -0.3 is 29.8 Å². The quantitative estimate of drug-likeness (QED) is 0.197. The number of aromatic amines is 1. The van der Waals surface area contributed by atoms with E-state index in [0.717, 1.165) is 25.5 Å². The number of rotatable bonds is 2. The van der Waals surface area contributed by atoms with Gasteiger partial charge in [-0.1, -0.05) is 32.1 Å². The van der Waals surface area contributed by atoms with Crippen LogP contribution in [0.5, 0.6) is 0 Å². The number of aliphatic hydroxyl groups excluding tert-OH is 2. The zero-order chi connectivity index (χ0) is 31.1. The van der Waals surface area contributed by atoms with Crippen molar-refractivity contribution in [3.05, 3.63) is 43.0 Å². The van der Waals surface area contributed by atoms with Crippen molar-refractivity contribution in [2.24, 2.45) is 23.7 Å². The van der Waals surface area contributed by atoms with Crippen molar-refractivity contribution in [1.29, 1.82) is 0 Å². The highest BCUT2D eigenvalue weighted by atomic mass is 79.9. The predicted octanol–water partition coefficient (Wildman–Crippen LogP) is 6.52. The van der Waals surface area contributed by atoms with Crippen molar-refractivity contribution in [2.45, 2.75) is 77.3 Å². The summed E-state index contributed by atoms with van der Waals surface area (Å²) in [5.74, 6) is -1.26. The van der Waals surface area contributed by atoms with Crippen molar-refractivity contribution in [1.82, 2.24) is 4.98 Å². The number of aromatic nitrogens is 1. The summed E-state index contributed by atoms with van der Waals surface area (Å²) in [5, 5.41) is 29.8. The van der Waals surface area contributed by atoms with Crippen molar-refractivity contribution in [2.75, 3.05) is 13.7 Å².